The van der Waals surface area contributed by atoms with Gasteiger partial charge in [0.1, 0.15) is 0 Å². The Kier molecular flexibility index (Phi) is 4.00. The van der Waals surface area contributed by atoms with Gasteiger partial charge in [0.05, 0.1) is 6.61 Å². The average Bonchev–Trinajstić information content (AvgIpc) is 2.23. The van der Waals surface area contributed by atoms with E-state index < -0.39 is 5.79 Å². The zero-order valence-corrected chi connectivity index (χ0v) is 9.16. The van der Waals surface area contributed by atoms with Crippen LogP contribution in [0.1, 0.15) is 13.3 Å². The molecule has 0 saturated heterocycles. The van der Waals surface area contributed by atoms with E-state index in [2.05, 4.69) is 6.58 Å². The fourth-order valence-corrected chi connectivity index (χ4v) is 1.37. The summed E-state index contributed by atoms with van der Waals surface area (Å²) in [5, 5.41) is 0. The topological polar surface area (TPSA) is 35.5 Å². The quantitative estimate of drug-likeness (QED) is 0.394. The number of hydrogen-bond acceptors (Lipinski definition) is 3. The van der Waals surface area contributed by atoms with Gasteiger partial charge in [0, 0.05) is 7.11 Å². The van der Waals surface area contributed by atoms with Gasteiger partial charge in [0.2, 0.25) is 5.78 Å². The Labute approximate surface area is 90.1 Å². The van der Waals surface area contributed by atoms with Gasteiger partial charge in [-0.1, -0.05) is 12.2 Å². The highest BCUT2D eigenvalue weighted by molar-refractivity contribution is 5.99. The molecule has 1 unspecified atom stereocenters. The Bertz CT molecular complexity index is 315. The smallest absolute Gasteiger partial charge is 0.253 e. The van der Waals surface area contributed by atoms with Crippen molar-refractivity contribution in [2.24, 2.45) is 0 Å². The Morgan fingerprint density at radius 2 is 2.27 bits per heavy atom. The lowest BCUT2D eigenvalue weighted by Crippen LogP contribution is -2.42. The van der Waals surface area contributed by atoms with E-state index in [-0.39, 0.29) is 5.78 Å². The molecule has 1 atom stereocenters. The summed E-state index contributed by atoms with van der Waals surface area (Å²) in [7, 11) is 1.47. The van der Waals surface area contributed by atoms with Gasteiger partial charge in [-0.3, -0.25) is 4.79 Å². The van der Waals surface area contributed by atoms with Crippen molar-refractivity contribution in [1.29, 1.82) is 0 Å². The molecule has 1 rings (SSSR count). The van der Waals surface area contributed by atoms with Crippen LogP contribution in [0.15, 0.2) is 36.5 Å². The summed E-state index contributed by atoms with van der Waals surface area (Å²) >= 11 is 0. The van der Waals surface area contributed by atoms with Gasteiger partial charge in [-0.15, -0.1) is 6.58 Å². The van der Waals surface area contributed by atoms with Crippen molar-refractivity contribution >= 4 is 5.78 Å². The number of allylic oxidation sites excluding steroid dienone is 2. The molecule has 1 aliphatic rings. The molecule has 0 fully saturated rings. The van der Waals surface area contributed by atoms with Crippen molar-refractivity contribution in [3.63, 3.8) is 0 Å². The van der Waals surface area contributed by atoms with Crippen LogP contribution in [0.25, 0.3) is 0 Å². The van der Waals surface area contributed by atoms with Crippen LogP contribution in [0.5, 0.6) is 0 Å². The van der Waals surface area contributed by atoms with Crippen LogP contribution in [0.4, 0.5) is 0 Å². The first-order chi connectivity index (χ1) is 7.14. The van der Waals surface area contributed by atoms with Crippen LogP contribution in [0.3, 0.4) is 0 Å². The second kappa shape index (κ2) is 5.05. The highest BCUT2D eigenvalue weighted by Gasteiger charge is 2.37. The maximum atomic E-state index is 11.7. The van der Waals surface area contributed by atoms with Gasteiger partial charge >= 0.3 is 0 Å². The Balaban J connectivity index is 2.78. The van der Waals surface area contributed by atoms with E-state index in [4.69, 9.17) is 9.47 Å². The van der Waals surface area contributed by atoms with Crippen molar-refractivity contribution in [2.45, 2.75) is 19.1 Å². The number of rotatable bonds is 5. The number of carbonyl (C=O) groups is 1. The third-order valence-corrected chi connectivity index (χ3v) is 2.20. The van der Waals surface area contributed by atoms with Gasteiger partial charge in [-0.05, 0) is 31.1 Å². The van der Waals surface area contributed by atoms with E-state index in [0.717, 1.165) is 5.57 Å². The van der Waals surface area contributed by atoms with Crippen molar-refractivity contribution < 1.29 is 14.3 Å². The second-order valence-electron chi connectivity index (χ2n) is 3.38. The number of carbonyl (C=O) groups excluding carboxylic acids is 1. The van der Waals surface area contributed by atoms with Crippen LogP contribution < -0.4 is 0 Å². The number of methoxy groups -OCH3 is 1. The fourth-order valence-electron chi connectivity index (χ4n) is 1.37. The van der Waals surface area contributed by atoms with Crippen LogP contribution in [0.2, 0.25) is 0 Å². The maximum Gasteiger partial charge on any atom is 0.253 e. The highest BCUT2D eigenvalue weighted by atomic mass is 16.7. The highest BCUT2D eigenvalue weighted by Crippen LogP contribution is 2.23. The van der Waals surface area contributed by atoms with Gasteiger partial charge in [0.25, 0.3) is 5.79 Å². The molecule has 82 valence electrons. The lowest BCUT2D eigenvalue weighted by atomic mass is 10.0. The summed E-state index contributed by atoms with van der Waals surface area (Å²) < 4.78 is 10.6. The molecule has 0 aromatic rings. The molecule has 0 heterocycles. The SMILES string of the molecule is C=CCCOC1(OC)C=C(C)C=CC1=O. The first-order valence-electron chi connectivity index (χ1n) is 4.86. The summed E-state index contributed by atoms with van der Waals surface area (Å²) in [5.41, 5.74) is 0.954. The van der Waals surface area contributed by atoms with Crippen LogP contribution in [-0.4, -0.2) is 25.3 Å². The first-order valence-corrected chi connectivity index (χ1v) is 4.86. The minimum absolute atomic E-state index is 0.181. The predicted molar refractivity (Wildman–Crippen MR) is 58.4 cm³/mol. The molecule has 0 radical (unpaired) electrons. The van der Waals surface area contributed by atoms with E-state index in [1.807, 2.05) is 6.92 Å². The molecule has 0 spiro atoms. The molecular weight excluding hydrogens is 192 g/mol. The minimum atomic E-state index is -1.23. The second-order valence-corrected chi connectivity index (χ2v) is 3.38. The molecule has 15 heavy (non-hydrogen) atoms. The number of hydrogen-bond donors (Lipinski definition) is 0. The van der Waals surface area contributed by atoms with Crippen molar-refractivity contribution in [3.8, 4) is 0 Å². The molecule has 0 saturated carbocycles. The van der Waals surface area contributed by atoms with Gasteiger partial charge in [-0.25, -0.2) is 0 Å². The van der Waals surface area contributed by atoms with Gasteiger partial charge in [-0.2, -0.15) is 0 Å². The van der Waals surface area contributed by atoms with Crippen molar-refractivity contribution in [1.82, 2.24) is 0 Å². The summed E-state index contributed by atoms with van der Waals surface area (Å²) in [6.07, 6.45) is 7.35. The Hall–Kier alpha value is -1.19. The molecule has 0 aromatic heterocycles. The zero-order chi connectivity index (χ0) is 11.3. The molecule has 1 aliphatic carbocycles. The van der Waals surface area contributed by atoms with E-state index in [0.29, 0.717) is 13.0 Å². The molecule has 0 aromatic carbocycles. The summed E-state index contributed by atoms with van der Waals surface area (Å²) in [6, 6.07) is 0. The normalized spacial score (nSPS) is 25.2. The van der Waals surface area contributed by atoms with Gasteiger partial charge < -0.3 is 9.47 Å². The van der Waals surface area contributed by atoms with Gasteiger partial charge in [0.15, 0.2) is 0 Å². The molecule has 0 bridgehead atoms. The molecule has 3 nitrogen and oxygen atoms in total. The predicted octanol–water partition coefficient (Wildman–Crippen LogP) is 2.01. The van der Waals surface area contributed by atoms with E-state index in [1.165, 1.54) is 13.2 Å². The lowest BCUT2D eigenvalue weighted by Gasteiger charge is -2.29. The molecular formula is C12H16O3. The zero-order valence-electron chi connectivity index (χ0n) is 9.16. The average molecular weight is 208 g/mol. The monoisotopic (exact) mass is 208 g/mol. The lowest BCUT2D eigenvalue weighted by molar-refractivity contribution is -0.191. The van der Waals surface area contributed by atoms with E-state index >= 15 is 0 Å². The van der Waals surface area contributed by atoms with Crippen molar-refractivity contribution in [3.05, 3.63) is 36.5 Å². The van der Waals surface area contributed by atoms with Crippen LogP contribution in [0, 0.1) is 0 Å². The van der Waals surface area contributed by atoms with E-state index in [9.17, 15) is 4.79 Å². The summed E-state index contributed by atoms with van der Waals surface area (Å²) in [6.45, 7) is 5.90. The van der Waals surface area contributed by atoms with Crippen LogP contribution >= 0.6 is 0 Å². The summed E-state index contributed by atoms with van der Waals surface area (Å²) in [4.78, 5) is 11.7. The first kappa shape index (κ1) is 11.9. The molecule has 0 aliphatic heterocycles. The Morgan fingerprint density at radius 1 is 1.53 bits per heavy atom. The molecule has 0 N–H and O–H groups in total. The third-order valence-electron chi connectivity index (χ3n) is 2.20. The minimum Gasteiger partial charge on any atom is -0.344 e. The number of ketones is 1. The van der Waals surface area contributed by atoms with E-state index in [1.54, 1.807) is 18.2 Å². The largest absolute Gasteiger partial charge is 0.344 e. The van der Waals surface area contributed by atoms with Crippen molar-refractivity contribution in [2.75, 3.05) is 13.7 Å². The molecule has 3 heteroatoms. The third kappa shape index (κ3) is 2.64. The standard InChI is InChI=1S/C12H16O3/c1-4-5-8-15-12(14-3)9-10(2)6-7-11(12)13/h4,6-7,9H,1,5,8H2,2-3H3. The maximum absolute atomic E-state index is 11.7. The number of ether oxygens (including phenoxy) is 2. The fraction of sp³-hybridized carbons (Fsp3) is 0.417. The molecule has 0 amide bonds. The summed E-state index contributed by atoms with van der Waals surface area (Å²) in [5.74, 6) is -1.42. The Morgan fingerprint density at radius 3 is 2.87 bits per heavy atom. The van der Waals surface area contributed by atoms with Crippen LogP contribution in [-0.2, 0) is 14.3 Å².